The summed E-state index contributed by atoms with van der Waals surface area (Å²) in [5.41, 5.74) is 6.31. The van der Waals surface area contributed by atoms with Gasteiger partial charge in [0.25, 0.3) is 0 Å². The summed E-state index contributed by atoms with van der Waals surface area (Å²) in [6.45, 7) is 17.8. The van der Waals surface area contributed by atoms with Crippen molar-refractivity contribution in [3.8, 4) is 11.5 Å². The summed E-state index contributed by atoms with van der Waals surface area (Å²) < 4.78 is 0. The number of aryl methyl sites for hydroxylation is 2. The lowest BCUT2D eigenvalue weighted by atomic mass is 9.81. The molecule has 0 radical (unpaired) electrons. The molecule has 0 spiro atoms. The summed E-state index contributed by atoms with van der Waals surface area (Å²) >= 11 is 0. The maximum Gasteiger partial charge on any atom is 0.122 e. The lowest BCUT2D eigenvalue weighted by molar-refractivity contribution is 0.435. The Morgan fingerprint density at radius 1 is 0.322 bits per heavy atom. The Labute approximate surface area is 368 Å². The largest absolute Gasteiger partial charge is 0.507 e. The average Bonchev–Trinajstić information content (AvgIpc) is 3.18. The van der Waals surface area contributed by atoms with E-state index < -0.39 is 0 Å². The summed E-state index contributed by atoms with van der Waals surface area (Å²) in [4.78, 5) is 0. The highest BCUT2D eigenvalue weighted by atomic mass is 16.3. The molecule has 0 saturated heterocycles. The second-order valence-corrected chi connectivity index (χ2v) is 21.1. The molecular weight excluding hydrogens is 717 g/mol. The molecular formula is C57H100O2. The first-order valence-corrected chi connectivity index (χ1v) is 26.1. The van der Waals surface area contributed by atoms with Crippen LogP contribution in [-0.2, 0) is 30.1 Å². The first-order chi connectivity index (χ1) is 28.4. The van der Waals surface area contributed by atoms with Crippen molar-refractivity contribution in [2.45, 2.75) is 291 Å². The third-order valence-corrected chi connectivity index (χ3v) is 13.1. The van der Waals surface area contributed by atoms with Crippen LogP contribution in [0.3, 0.4) is 0 Å². The minimum absolute atomic E-state index is 0.156. The highest BCUT2D eigenvalue weighted by molar-refractivity contribution is 5.53. The van der Waals surface area contributed by atoms with Gasteiger partial charge in [-0.2, -0.15) is 0 Å². The number of benzene rings is 2. The molecule has 2 aromatic carbocycles. The number of hydrogen-bond donors (Lipinski definition) is 2. The molecule has 2 aromatic rings. The van der Waals surface area contributed by atoms with Crippen molar-refractivity contribution in [3.63, 3.8) is 0 Å². The highest BCUT2D eigenvalue weighted by Gasteiger charge is 2.25. The van der Waals surface area contributed by atoms with Crippen LogP contribution in [0, 0.1) is 0 Å². The normalized spacial score (nSPS) is 12.2. The number of aromatic hydroxyl groups is 2. The van der Waals surface area contributed by atoms with Crippen molar-refractivity contribution in [1.29, 1.82) is 0 Å². The number of phenols is 2. The van der Waals surface area contributed by atoms with Gasteiger partial charge in [0, 0.05) is 6.42 Å². The summed E-state index contributed by atoms with van der Waals surface area (Å²) in [6.07, 6.45) is 47.0. The van der Waals surface area contributed by atoms with E-state index in [1.54, 1.807) is 0 Å². The van der Waals surface area contributed by atoms with Crippen molar-refractivity contribution < 1.29 is 10.2 Å². The maximum absolute atomic E-state index is 11.7. The average molecular weight is 817 g/mol. The van der Waals surface area contributed by atoms with Crippen LogP contribution in [0.15, 0.2) is 24.3 Å². The van der Waals surface area contributed by atoms with E-state index in [1.165, 1.54) is 217 Å². The molecule has 0 aliphatic heterocycles. The smallest absolute Gasteiger partial charge is 0.122 e. The van der Waals surface area contributed by atoms with E-state index >= 15 is 0 Å². The van der Waals surface area contributed by atoms with Crippen molar-refractivity contribution in [1.82, 2.24) is 0 Å². The van der Waals surface area contributed by atoms with Gasteiger partial charge >= 0.3 is 0 Å². The van der Waals surface area contributed by atoms with E-state index in [2.05, 4.69) is 79.7 Å². The molecule has 2 nitrogen and oxygen atoms in total. The standard InChI is InChI=1S/C57H100O2/c1-9-11-13-15-17-19-21-23-25-27-29-31-33-35-37-39-41-48-43-50(54(58)52(45-48)56(3,4)5)47-51-44-49(46-53(55(51)59)57(6,7)8)42-40-38-36-34-32-30-28-26-24-22-20-18-16-14-12-10-2/h43-46,58-59H,9-42,47H2,1-8H3. The van der Waals surface area contributed by atoms with Crippen molar-refractivity contribution in [3.05, 3.63) is 57.6 Å². The van der Waals surface area contributed by atoms with E-state index in [4.69, 9.17) is 0 Å². The fraction of sp³-hybridized carbons (Fsp3) is 0.789. The summed E-state index contributed by atoms with van der Waals surface area (Å²) in [6, 6.07) is 9.01. The highest BCUT2D eigenvalue weighted by Crippen LogP contribution is 2.40. The first-order valence-electron chi connectivity index (χ1n) is 26.1. The minimum atomic E-state index is -0.156. The maximum atomic E-state index is 11.7. The molecule has 0 aromatic heterocycles. The molecule has 0 heterocycles. The molecule has 0 amide bonds. The number of hydrogen-bond acceptors (Lipinski definition) is 2. The molecule has 59 heavy (non-hydrogen) atoms. The molecule has 0 saturated carbocycles. The predicted octanol–water partition coefficient (Wildman–Crippen LogP) is 18.9. The van der Waals surface area contributed by atoms with E-state index in [0.717, 1.165) is 35.1 Å². The third kappa shape index (κ3) is 24.3. The van der Waals surface area contributed by atoms with Crippen LogP contribution in [0.25, 0.3) is 0 Å². The predicted molar refractivity (Wildman–Crippen MR) is 263 cm³/mol. The zero-order valence-electron chi connectivity index (χ0n) is 41.0. The third-order valence-electron chi connectivity index (χ3n) is 13.1. The Kier molecular flexibility index (Phi) is 28.7. The molecule has 0 unspecified atom stereocenters. The van der Waals surface area contributed by atoms with Crippen molar-refractivity contribution in [2.24, 2.45) is 0 Å². The van der Waals surface area contributed by atoms with Crippen LogP contribution < -0.4 is 0 Å². The van der Waals surface area contributed by atoms with Crippen LogP contribution in [0.1, 0.15) is 294 Å². The zero-order valence-corrected chi connectivity index (χ0v) is 41.0. The Bertz CT molecular complexity index is 1220. The van der Waals surface area contributed by atoms with Gasteiger partial charge in [-0.05, 0) is 69.9 Å². The van der Waals surface area contributed by atoms with E-state index in [-0.39, 0.29) is 10.8 Å². The number of unbranched alkanes of at least 4 members (excludes halogenated alkanes) is 30. The van der Waals surface area contributed by atoms with E-state index in [9.17, 15) is 10.2 Å². The second kappa shape index (κ2) is 31.8. The van der Waals surface area contributed by atoms with E-state index in [0.29, 0.717) is 17.9 Å². The van der Waals surface area contributed by atoms with Crippen LogP contribution >= 0.6 is 0 Å². The Morgan fingerprint density at radius 3 is 0.763 bits per heavy atom. The molecule has 0 aliphatic rings. The topological polar surface area (TPSA) is 40.5 Å². The minimum Gasteiger partial charge on any atom is -0.507 e. The van der Waals surface area contributed by atoms with Crippen molar-refractivity contribution in [2.75, 3.05) is 0 Å². The molecule has 0 atom stereocenters. The lowest BCUT2D eigenvalue weighted by Gasteiger charge is -2.25. The second-order valence-electron chi connectivity index (χ2n) is 21.1. The number of phenolic OH excluding ortho intramolecular Hbond substituents is 2. The van der Waals surface area contributed by atoms with Gasteiger partial charge < -0.3 is 10.2 Å². The summed E-state index contributed by atoms with van der Waals surface area (Å²) in [5, 5.41) is 23.4. The molecule has 0 aliphatic carbocycles. The zero-order chi connectivity index (χ0) is 43.2. The van der Waals surface area contributed by atoms with Gasteiger partial charge in [0.05, 0.1) is 0 Å². The molecule has 2 heteroatoms. The SMILES string of the molecule is CCCCCCCCCCCCCCCCCCc1cc(Cc2cc(CCCCCCCCCCCCCCCCCC)cc(C(C)(C)C)c2O)c(O)c(C(C)(C)C)c1. The van der Waals surface area contributed by atoms with Gasteiger partial charge in [0.15, 0.2) is 0 Å². The van der Waals surface area contributed by atoms with Crippen LogP contribution in [0.4, 0.5) is 0 Å². The van der Waals surface area contributed by atoms with Gasteiger partial charge in [-0.15, -0.1) is 0 Å². The summed E-state index contributed by atoms with van der Waals surface area (Å²) in [5.74, 6) is 0.821. The van der Waals surface area contributed by atoms with Crippen LogP contribution in [-0.4, -0.2) is 10.2 Å². The van der Waals surface area contributed by atoms with Crippen LogP contribution in [0.5, 0.6) is 11.5 Å². The van der Waals surface area contributed by atoms with Gasteiger partial charge in [0.2, 0.25) is 0 Å². The molecule has 2 N–H and O–H groups in total. The fourth-order valence-corrected chi connectivity index (χ4v) is 9.18. The Hall–Kier alpha value is -1.96. The van der Waals surface area contributed by atoms with Gasteiger partial charge in [0.1, 0.15) is 11.5 Å². The molecule has 0 fully saturated rings. The molecule has 2 rings (SSSR count). The summed E-state index contributed by atoms with van der Waals surface area (Å²) in [7, 11) is 0. The van der Waals surface area contributed by atoms with E-state index in [1.807, 2.05) is 0 Å². The monoisotopic (exact) mass is 817 g/mol. The lowest BCUT2D eigenvalue weighted by Crippen LogP contribution is -2.14. The molecule has 340 valence electrons. The Morgan fingerprint density at radius 2 is 0.542 bits per heavy atom. The Balaban J connectivity index is 1.84. The first kappa shape index (κ1) is 53.2. The van der Waals surface area contributed by atoms with Gasteiger partial charge in [-0.1, -0.05) is 272 Å². The number of rotatable bonds is 36. The van der Waals surface area contributed by atoms with Crippen molar-refractivity contribution >= 4 is 0 Å². The van der Waals surface area contributed by atoms with Gasteiger partial charge in [-0.3, -0.25) is 0 Å². The fourth-order valence-electron chi connectivity index (χ4n) is 9.18. The van der Waals surface area contributed by atoms with Gasteiger partial charge in [-0.25, -0.2) is 0 Å². The quantitative estimate of drug-likeness (QED) is 0.0673. The molecule has 0 bridgehead atoms. The van der Waals surface area contributed by atoms with Crippen LogP contribution in [0.2, 0.25) is 0 Å².